The van der Waals surface area contributed by atoms with Crippen LogP contribution in [-0.4, -0.2) is 44.1 Å². The molecule has 0 amide bonds. The lowest BCUT2D eigenvalue weighted by Gasteiger charge is -2.25. The Morgan fingerprint density at radius 3 is 2.62 bits per heavy atom. The summed E-state index contributed by atoms with van der Waals surface area (Å²) < 4.78 is 45.2. The van der Waals surface area contributed by atoms with Gasteiger partial charge in [0.2, 0.25) is 5.95 Å². The fourth-order valence-corrected chi connectivity index (χ4v) is 3.17. The van der Waals surface area contributed by atoms with Gasteiger partial charge in [-0.2, -0.15) is 18.2 Å². The van der Waals surface area contributed by atoms with E-state index in [0.717, 1.165) is 12.1 Å². The van der Waals surface area contributed by atoms with Crippen molar-refractivity contribution in [1.82, 2.24) is 19.5 Å². The number of fused-ring (bicyclic) bond motifs is 1. The van der Waals surface area contributed by atoms with Gasteiger partial charge in [0.05, 0.1) is 12.1 Å². The van der Waals surface area contributed by atoms with Crippen LogP contribution in [0.5, 0.6) is 6.01 Å². The highest BCUT2D eigenvalue weighted by Gasteiger charge is 2.30. The number of aromatic nitrogens is 4. The molecule has 168 valence electrons. The molecule has 0 atom stereocenters. The molecular formula is C19H18F3N7O3. The number of nitrogens with zero attached hydrogens (tertiary/aromatic N) is 6. The highest BCUT2D eigenvalue weighted by molar-refractivity contribution is 5.43. The van der Waals surface area contributed by atoms with E-state index >= 15 is 0 Å². The molecule has 1 N–H and O–H groups in total. The van der Waals surface area contributed by atoms with Gasteiger partial charge in [-0.15, -0.1) is 0 Å². The topological polar surface area (TPSA) is 111 Å². The predicted octanol–water partition coefficient (Wildman–Crippen LogP) is 3.11. The van der Waals surface area contributed by atoms with Crippen molar-refractivity contribution >= 4 is 17.6 Å². The molecule has 13 heteroatoms. The molecule has 1 aliphatic rings. The van der Waals surface area contributed by atoms with Crippen molar-refractivity contribution in [3.05, 3.63) is 64.0 Å². The Morgan fingerprint density at radius 1 is 1.12 bits per heavy atom. The van der Waals surface area contributed by atoms with Gasteiger partial charge in [-0.25, -0.2) is 4.98 Å². The second-order valence-electron chi connectivity index (χ2n) is 6.95. The summed E-state index contributed by atoms with van der Waals surface area (Å²) >= 11 is 0. The summed E-state index contributed by atoms with van der Waals surface area (Å²) in [5.74, 6) is 0.672. The van der Waals surface area contributed by atoms with Gasteiger partial charge in [0.15, 0.2) is 0 Å². The van der Waals surface area contributed by atoms with E-state index < -0.39 is 16.7 Å². The summed E-state index contributed by atoms with van der Waals surface area (Å²) in [5, 5.41) is 13.9. The highest BCUT2D eigenvalue weighted by Crippen LogP contribution is 2.29. The fourth-order valence-electron chi connectivity index (χ4n) is 3.17. The van der Waals surface area contributed by atoms with Gasteiger partial charge >= 0.3 is 18.0 Å². The highest BCUT2D eigenvalue weighted by atomic mass is 19.4. The van der Waals surface area contributed by atoms with Crippen LogP contribution in [0.4, 0.5) is 30.8 Å². The van der Waals surface area contributed by atoms with Gasteiger partial charge in [-0.1, -0.05) is 12.1 Å². The van der Waals surface area contributed by atoms with E-state index in [2.05, 4.69) is 20.3 Å². The smallest absolute Gasteiger partial charge is 0.416 e. The van der Waals surface area contributed by atoms with Crippen molar-refractivity contribution in [1.29, 1.82) is 0 Å². The first kappa shape index (κ1) is 21.3. The van der Waals surface area contributed by atoms with Crippen LogP contribution in [0, 0.1) is 10.1 Å². The summed E-state index contributed by atoms with van der Waals surface area (Å²) in [4.78, 5) is 24.8. The van der Waals surface area contributed by atoms with Gasteiger partial charge in [-0.05, 0) is 28.7 Å². The number of hydrogen-bond donors (Lipinski definition) is 1. The number of benzene rings is 1. The maximum absolute atomic E-state index is 12.7. The van der Waals surface area contributed by atoms with Crippen LogP contribution in [-0.2, 0) is 19.3 Å². The average molecular weight is 449 g/mol. The molecule has 32 heavy (non-hydrogen) atoms. The molecule has 0 saturated heterocycles. The fraction of sp³-hybridized carbons (Fsp3) is 0.316. The maximum atomic E-state index is 12.7. The van der Waals surface area contributed by atoms with Crippen LogP contribution in [0.25, 0.3) is 0 Å². The molecule has 1 aromatic carbocycles. The van der Waals surface area contributed by atoms with Crippen LogP contribution in [0.2, 0.25) is 0 Å². The van der Waals surface area contributed by atoms with Crippen molar-refractivity contribution in [3.8, 4) is 6.01 Å². The van der Waals surface area contributed by atoms with Crippen LogP contribution in [0.3, 0.4) is 0 Å². The van der Waals surface area contributed by atoms with Crippen LogP contribution >= 0.6 is 0 Å². The third-order valence-corrected chi connectivity index (χ3v) is 4.81. The zero-order chi connectivity index (χ0) is 22.7. The third kappa shape index (κ3) is 4.87. The van der Waals surface area contributed by atoms with Crippen LogP contribution in [0.1, 0.15) is 11.1 Å². The minimum atomic E-state index is -4.37. The number of nitrogens with one attached hydrogen (secondary N) is 1. The third-order valence-electron chi connectivity index (χ3n) is 4.81. The zero-order valence-electron chi connectivity index (χ0n) is 16.6. The van der Waals surface area contributed by atoms with Crippen LogP contribution in [0.15, 0.2) is 42.7 Å². The number of halogens is 3. The van der Waals surface area contributed by atoms with Crippen molar-refractivity contribution in [2.24, 2.45) is 0 Å². The normalized spacial score (nSPS) is 14.2. The second kappa shape index (κ2) is 8.69. The molecule has 0 aliphatic carbocycles. The Balaban J connectivity index is 1.40. The monoisotopic (exact) mass is 449 g/mol. The van der Waals surface area contributed by atoms with E-state index in [1.54, 1.807) is 16.8 Å². The molecule has 0 fully saturated rings. The molecule has 0 bridgehead atoms. The molecule has 2 aromatic heterocycles. The summed E-state index contributed by atoms with van der Waals surface area (Å²) in [6, 6.07) is 6.79. The minimum absolute atomic E-state index is 0.206. The first-order valence-electron chi connectivity index (χ1n) is 9.62. The van der Waals surface area contributed by atoms with Gasteiger partial charge < -0.3 is 25.1 Å². The number of alkyl halides is 3. The molecule has 0 radical (unpaired) electrons. The molecule has 1 aliphatic heterocycles. The quantitative estimate of drug-likeness (QED) is 0.467. The van der Waals surface area contributed by atoms with Gasteiger partial charge in [0.25, 0.3) is 0 Å². The second-order valence-corrected chi connectivity index (χ2v) is 6.95. The van der Waals surface area contributed by atoms with Crippen molar-refractivity contribution < 1.29 is 22.8 Å². The first-order valence-corrected chi connectivity index (χ1v) is 9.62. The number of hydrogen-bond acceptors (Lipinski definition) is 8. The van der Waals surface area contributed by atoms with Crippen molar-refractivity contribution in [2.75, 3.05) is 29.9 Å². The molecular weight excluding hydrogens is 431 g/mol. The SMILES string of the molecule is O=[N+]([O-])c1cn2c(n1)OCCN(c1ccnc(NCc3ccc(C(F)(F)F)cc3)n1)CC2. The number of rotatable bonds is 5. The van der Waals surface area contributed by atoms with E-state index in [0.29, 0.717) is 37.0 Å². The number of imidazole rings is 1. The van der Waals surface area contributed by atoms with Gasteiger partial charge in [-0.3, -0.25) is 4.57 Å². The Kier molecular flexibility index (Phi) is 5.79. The largest absolute Gasteiger partial charge is 0.444 e. The van der Waals surface area contributed by atoms with Crippen molar-refractivity contribution in [2.45, 2.75) is 19.3 Å². The first-order chi connectivity index (χ1) is 15.3. The summed E-state index contributed by atoms with van der Waals surface area (Å²) in [5.41, 5.74) is -0.0499. The lowest BCUT2D eigenvalue weighted by molar-refractivity contribution is -0.389. The molecule has 3 aromatic rings. The van der Waals surface area contributed by atoms with E-state index in [4.69, 9.17) is 4.74 Å². The predicted molar refractivity (Wildman–Crippen MR) is 107 cm³/mol. The van der Waals surface area contributed by atoms with Gasteiger partial charge in [0, 0.05) is 30.8 Å². The molecule has 10 nitrogen and oxygen atoms in total. The Morgan fingerprint density at radius 2 is 1.91 bits per heavy atom. The summed E-state index contributed by atoms with van der Waals surface area (Å²) in [6.07, 6.45) is -1.47. The van der Waals surface area contributed by atoms with Crippen LogP contribution < -0.4 is 15.0 Å². The van der Waals surface area contributed by atoms with E-state index in [1.807, 2.05) is 4.90 Å². The molecule has 3 heterocycles. The van der Waals surface area contributed by atoms with E-state index in [1.165, 1.54) is 18.3 Å². The molecule has 0 unspecified atom stereocenters. The summed E-state index contributed by atoms with van der Waals surface area (Å²) in [7, 11) is 0. The van der Waals surface area contributed by atoms with Gasteiger partial charge in [0.1, 0.15) is 18.6 Å². The zero-order valence-corrected chi connectivity index (χ0v) is 16.6. The Labute approximate surface area is 179 Å². The lowest BCUT2D eigenvalue weighted by atomic mass is 10.1. The van der Waals surface area contributed by atoms with E-state index in [9.17, 15) is 23.3 Å². The standard InChI is InChI=1S/C19H18F3N7O3/c20-19(21,22)14-3-1-13(2-4-14)11-24-17-23-6-5-15(25-17)27-7-8-28-12-16(29(30)31)26-18(28)32-10-9-27/h1-6,12H,7-11H2,(H,23,24,25). The Bertz CT molecular complexity index is 1100. The maximum Gasteiger partial charge on any atom is 0.416 e. The lowest BCUT2D eigenvalue weighted by Crippen LogP contribution is -2.34. The molecule has 0 spiro atoms. The van der Waals surface area contributed by atoms with E-state index in [-0.39, 0.29) is 25.0 Å². The Hall–Kier alpha value is -3.90. The number of nitro groups is 1. The minimum Gasteiger partial charge on any atom is -0.444 e. The molecule has 4 rings (SSSR count). The molecule has 0 saturated carbocycles. The average Bonchev–Trinajstić information content (AvgIpc) is 3.15. The van der Waals surface area contributed by atoms with Crippen molar-refractivity contribution in [3.63, 3.8) is 0 Å². The number of ether oxygens (including phenoxy) is 1. The number of anilines is 2. The summed E-state index contributed by atoms with van der Waals surface area (Å²) in [6.45, 7) is 1.92.